The number of Topliss-reactive ketones (excluding diaryl/α,β-unsaturated/α-hetero) is 1. The van der Waals surface area contributed by atoms with Gasteiger partial charge in [0.05, 0.1) is 16.9 Å². The van der Waals surface area contributed by atoms with Gasteiger partial charge in [0.1, 0.15) is 5.75 Å². The highest BCUT2D eigenvalue weighted by molar-refractivity contribution is 5.94. The number of ketones is 1. The molecule has 1 amide bonds. The van der Waals surface area contributed by atoms with Crippen LogP contribution in [0.3, 0.4) is 0 Å². The molecule has 2 aromatic carbocycles. The van der Waals surface area contributed by atoms with E-state index in [0.29, 0.717) is 11.3 Å². The zero-order valence-electron chi connectivity index (χ0n) is 15.2. The van der Waals surface area contributed by atoms with Crippen LogP contribution in [0, 0.1) is 0 Å². The molecule has 150 valence electrons. The minimum Gasteiger partial charge on any atom is -0.484 e. The molecular weight excluding hydrogens is 387 g/mol. The summed E-state index contributed by atoms with van der Waals surface area (Å²) in [6.45, 7) is 0.927. The molecular formula is C20H16F3N3O3. The number of alkyl halides is 3. The van der Waals surface area contributed by atoms with Crippen molar-refractivity contribution in [3.05, 3.63) is 72.1 Å². The molecule has 1 heterocycles. The van der Waals surface area contributed by atoms with Crippen molar-refractivity contribution in [2.75, 3.05) is 11.9 Å². The Morgan fingerprint density at radius 3 is 2.45 bits per heavy atom. The standard InChI is InChI=1S/C20H16F3N3O3/c1-13(27)14-3-6-16(7-4-14)29-12-19(28)25-18-8-5-15(26-10-2-9-24-26)11-17(18)20(21,22)23/h2-11H,12H2,1H3,(H,25,28). The molecule has 0 spiro atoms. The van der Waals surface area contributed by atoms with Crippen LogP contribution in [0.5, 0.6) is 5.75 Å². The van der Waals surface area contributed by atoms with Crippen molar-refractivity contribution < 1.29 is 27.5 Å². The van der Waals surface area contributed by atoms with Gasteiger partial charge < -0.3 is 10.1 Å². The number of halogens is 3. The molecule has 1 N–H and O–H groups in total. The largest absolute Gasteiger partial charge is 0.484 e. The van der Waals surface area contributed by atoms with Crippen molar-refractivity contribution in [1.82, 2.24) is 9.78 Å². The molecule has 1 aromatic heterocycles. The molecule has 6 nitrogen and oxygen atoms in total. The predicted molar refractivity (Wildman–Crippen MR) is 99.1 cm³/mol. The van der Waals surface area contributed by atoms with Gasteiger partial charge in [-0.05, 0) is 55.5 Å². The first kappa shape index (κ1) is 20.1. The molecule has 0 bridgehead atoms. The molecule has 0 saturated heterocycles. The summed E-state index contributed by atoms with van der Waals surface area (Å²) < 4.78 is 46.9. The number of rotatable bonds is 6. The third kappa shape index (κ3) is 5.01. The number of carbonyl (C=O) groups is 2. The normalized spacial score (nSPS) is 11.2. The van der Waals surface area contributed by atoms with Gasteiger partial charge in [-0.2, -0.15) is 18.3 Å². The lowest BCUT2D eigenvalue weighted by Crippen LogP contribution is -2.22. The van der Waals surface area contributed by atoms with E-state index in [1.165, 1.54) is 60.4 Å². The number of carbonyl (C=O) groups excluding carboxylic acids is 2. The van der Waals surface area contributed by atoms with Gasteiger partial charge in [0.25, 0.3) is 5.91 Å². The summed E-state index contributed by atoms with van der Waals surface area (Å²) in [5.74, 6) is -0.555. The van der Waals surface area contributed by atoms with Crippen molar-refractivity contribution in [3.8, 4) is 11.4 Å². The summed E-state index contributed by atoms with van der Waals surface area (Å²) in [4.78, 5) is 23.3. The highest BCUT2D eigenvalue weighted by Gasteiger charge is 2.34. The molecule has 3 aromatic rings. The SMILES string of the molecule is CC(=O)c1ccc(OCC(=O)Nc2ccc(-n3cccn3)cc2C(F)(F)F)cc1. The number of benzene rings is 2. The predicted octanol–water partition coefficient (Wildman–Crippen LogP) is 4.11. The summed E-state index contributed by atoms with van der Waals surface area (Å²) >= 11 is 0. The van der Waals surface area contributed by atoms with Crippen LogP contribution in [0.2, 0.25) is 0 Å². The average molecular weight is 403 g/mol. The maximum atomic E-state index is 13.4. The summed E-state index contributed by atoms with van der Waals surface area (Å²) in [5, 5.41) is 6.12. The Bertz CT molecular complexity index is 1010. The van der Waals surface area contributed by atoms with E-state index in [2.05, 4.69) is 10.4 Å². The number of nitrogens with one attached hydrogen (secondary N) is 1. The third-order valence-corrected chi connectivity index (χ3v) is 3.98. The second-order valence-electron chi connectivity index (χ2n) is 6.10. The van der Waals surface area contributed by atoms with E-state index < -0.39 is 24.3 Å². The number of ether oxygens (including phenoxy) is 1. The highest BCUT2D eigenvalue weighted by atomic mass is 19.4. The van der Waals surface area contributed by atoms with Gasteiger partial charge in [-0.1, -0.05) is 0 Å². The quantitative estimate of drug-likeness (QED) is 0.629. The molecule has 9 heteroatoms. The van der Waals surface area contributed by atoms with Gasteiger partial charge in [-0.15, -0.1) is 0 Å². The Labute approximate surface area is 163 Å². The molecule has 0 aliphatic rings. The smallest absolute Gasteiger partial charge is 0.418 e. The summed E-state index contributed by atoms with van der Waals surface area (Å²) in [7, 11) is 0. The Kier molecular flexibility index (Phi) is 5.67. The maximum absolute atomic E-state index is 13.4. The number of anilines is 1. The molecule has 0 aliphatic heterocycles. The fraction of sp³-hybridized carbons (Fsp3) is 0.150. The lowest BCUT2D eigenvalue weighted by Gasteiger charge is -2.15. The van der Waals surface area contributed by atoms with Gasteiger partial charge in [0.2, 0.25) is 0 Å². The highest BCUT2D eigenvalue weighted by Crippen LogP contribution is 2.36. The Hall–Kier alpha value is -3.62. The molecule has 29 heavy (non-hydrogen) atoms. The van der Waals surface area contributed by atoms with Crippen molar-refractivity contribution >= 4 is 17.4 Å². The number of amides is 1. The first-order chi connectivity index (χ1) is 13.7. The first-order valence-corrected chi connectivity index (χ1v) is 8.49. The number of nitrogens with zero attached hydrogens (tertiary/aromatic N) is 2. The van der Waals surface area contributed by atoms with Crippen LogP contribution in [0.25, 0.3) is 5.69 Å². The van der Waals surface area contributed by atoms with Crippen molar-refractivity contribution in [2.24, 2.45) is 0 Å². The van der Waals surface area contributed by atoms with E-state index in [-0.39, 0.29) is 17.2 Å². The molecule has 0 unspecified atom stereocenters. The minimum absolute atomic E-state index is 0.118. The monoisotopic (exact) mass is 403 g/mol. The molecule has 0 saturated carbocycles. The van der Waals surface area contributed by atoms with Crippen molar-refractivity contribution in [3.63, 3.8) is 0 Å². The number of aromatic nitrogens is 2. The van der Waals surface area contributed by atoms with Crippen LogP contribution in [-0.2, 0) is 11.0 Å². The van der Waals surface area contributed by atoms with Gasteiger partial charge in [0, 0.05) is 18.0 Å². The van der Waals surface area contributed by atoms with Gasteiger partial charge in [0.15, 0.2) is 12.4 Å². The molecule has 0 aliphatic carbocycles. The third-order valence-electron chi connectivity index (χ3n) is 3.98. The zero-order valence-corrected chi connectivity index (χ0v) is 15.2. The summed E-state index contributed by atoms with van der Waals surface area (Å²) in [6.07, 6.45) is -1.71. The Morgan fingerprint density at radius 2 is 1.86 bits per heavy atom. The van der Waals surface area contributed by atoms with Crippen LogP contribution in [-0.4, -0.2) is 28.1 Å². The van der Waals surface area contributed by atoms with Crippen LogP contribution in [0.15, 0.2) is 60.9 Å². The second kappa shape index (κ2) is 8.17. The lowest BCUT2D eigenvalue weighted by molar-refractivity contribution is -0.137. The van der Waals surface area contributed by atoms with E-state index in [1.54, 1.807) is 6.07 Å². The van der Waals surface area contributed by atoms with Gasteiger partial charge in [-0.3, -0.25) is 9.59 Å². The van der Waals surface area contributed by atoms with Crippen LogP contribution in [0.4, 0.5) is 18.9 Å². The van der Waals surface area contributed by atoms with E-state index in [0.717, 1.165) is 6.07 Å². The second-order valence-corrected chi connectivity index (χ2v) is 6.10. The molecule has 0 atom stereocenters. The van der Waals surface area contributed by atoms with E-state index in [9.17, 15) is 22.8 Å². The summed E-state index contributed by atoms with van der Waals surface area (Å²) in [5.41, 5.74) is -0.686. The molecule has 3 rings (SSSR count). The van der Waals surface area contributed by atoms with Gasteiger partial charge in [-0.25, -0.2) is 4.68 Å². The van der Waals surface area contributed by atoms with E-state index >= 15 is 0 Å². The Balaban J connectivity index is 1.71. The maximum Gasteiger partial charge on any atom is 0.418 e. The van der Waals surface area contributed by atoms with Gasteiger partial charge >= 0.3 is 6.18 Å². The van der Waals surface area contributed by atoms with Crippen LogP contribution in [0.1, 0.15) is 22.8 Å². The Morgan fingerprint density at radius 1 is 1.14 bits per heavy atom. The minimum atomic E-state index is -4.67. The number of hydrogen-bond acceptors (Lipinski definition) is 4. The fourth-order valence-corrected chi connectivity index (χ4v) is 2.56. The van der Waals surface area contributed by atoms with Crippen molar-refractivity contribution in [1.29, 1.82) is 0 Å². The number of hydrogen-bond donors (Lipinski definition) is 1. The van der Waals surface area contributed by atoms with E-state index in [1.807, 2.05) is 0 Å². The topological polar surface area (TPSA) is 73.2 Å². The first-order valence-electron chi connectivity index (χ1n) is 8.49. The fourth-order valence-electron chi connectivity index (χ4n) is 2.56. The summed E-state index contributed by atoms with van der Waals surface area (Å²) in [6, 6.07) is 11.1. The van der Waals surface area contributed by atoms with E-state index in [4.69, 9.17) is 4.74 Å². The van der Waals surface area contributed by atoms with Crippen LogP contribution >= 0.6 is 0 Å². The lowest BCUT2D eigenvalue weighted by atomic mass is 10.1. The molecule has 0 radical (unpaired) electrons. The van der Waals surface area contributed by atoms with Crippen LogP contribution < -0.4 is 10.1 Å². The molecule has 0 fully saturated rings. The van der Waals surface area contributed by atoms with Crippen molar-refractivity contribution in [2.45, 2.75) is 13.1 Å². The zero-order chi connectivity index (χ0) is 21.0. The average Bonchev–Trinajstić information content (AvgIpc) is 3.21.